The fourth-order valence-electron chi connectivity index (χ4n) is 8.29. The Bertz CT molecular complexity index is 1090. The van der Waals surface area contributed by atoms with Gasteiger partial charge >= 0.3 is 17.9 Å². The highest BCUT2D eigenvalue weighted by Crippen LogP contribution is 2.16. The van der Waals surface area contributed by atoms with Gasteiger partial charge in [0.25, 0.3) is 0 Å². The van der Waals surface area contributed by atoms with E-state index in [1.54, 1.807) is 0 Å². The second-order valence-electron chi connectivity index (χ2n) is 19.2. The third-order valence-electron chi connectivity index (χ3n) is 12.6. The Morgan fingerprint density at radius 2 is 0.554 bits per heavy atom. The predicted molar refractivity (Wildman–Crippen MR) is 279 cm³/mol. The van der Waals surface area contributed by atoms with Gasteiger partial charge in [0.1, 0.15) is 13.2 Å². The third-order valence-corrected chi connectivity index (χ3v) is 12.6. The summed E-state index contributed by atoms with van der Waals surface area (Å²) < 4.78 is 16.8. The van der Waals surface area contributed by atoms with Crippen molar-refractivity contribution in [3.63, 3.8) is 0 Å². The average Bonchev–Trinajstić information content (AvgIpc) is 3.30. The predicted octanol–water partition coefficient (Wildman–Crippen LogP) is 18.9. The number of ether oxygens (including phenoxy) is 3. The summed E-state index contributed by atoms with van der Waals surface area (Å²) in [5.41, 5.74) is 0. The molecule has 0 unspecified atom stereocenters. The molecule has 1 atom stereocenters. The average molecular weight is 914 g/mol. The van der Waals surface area contributed by atoms with Gasteiger partial charge in [-0.2, -0.15) is 0 Å². The normalized spacial score (nSPS) is 12.2. The SMILES string of the molecule is CCCCC/C=C\C/C=C\CCCCCCCC(=O)O[C@H](COC(=O)CCCCCCC/C=C\CCCCCCC)COC(=O)CCCCCCCCCCCCCCCCCCCC. The van der Waals surface area contributed by atoms with E-state index in [4.69, 9.17) is 14.2 Å². The molecule has 0 aliphatic carbocycles. The lowest BCUT2D eigenvalue weighted by Crippen LogP contribution is -2.30. The van der Waals surface area contributed by atoms with Crippen LogP contribution < -0.4 is 0 Å². The molecule has 0 spiro atoms. The molecule has 0 aromatic carbocycles. The van der Waals surface area contributed by atoms with Crippen molar-refractivity contribution in [1.82, 2.24) is 0 Å². The van der Waals surface area contributed by atoms with Crippen molar-refractivity contribution < 1.29 is 28.6 Å². The van der Waals surface area contributed by atoms with Gasteiger partial charge in [-0.15, -0.1) is 0 Å². The van der Waals surface area contributed by atoms with E-state index < -0.39 is 6.10 Å². The summed E-state index contributed by atoms with van der Waals surface area (Å²) in [5.74, 6) is -0.884. The summed E-state index contributed by atoms with van der Waals surface area (Å²) in [6, 6.07) is 0. The van der Waals surface area contributed by atoms with Gasteiger partial charge in [0.2, 0.25) is 0 Å². The van der Waals surface area contributed by atoms with Gasteiger partial charge in [-0.05, 0) is 77.0 Å². The van der Waals surface area contributed by atoms with Crippen molar-refractivity contribution >= 4 is 17.9 Å². The van der Waals surface area contributed by atoms with Crippen LogP contribution in [0, 0.1) is 0 Å². The molecule has 65 heavy (non-hydrogen) atoms. The van der Waals surface area contributed by atoms with Gasteiger partial charge in [0.15, 0.2) is 6.10 Å². The van der Waals surface area contributed by atoms with Gasteiger partial charge < -0.3 is 14.2 Å². The number of carbonyl (C=O) groups is 3. The van der Waals surface area contributed by atoms with Gasteiger partial charge in [0, 0.05) is 19.3 Å². The van der Waals surface area contributed by atoms with E-state index in [9.17, 15) is 14.4 Å². The first-order chi connectivity index (χ1) is 32.0. The van der Waals surface area contributed by atoms with Crippen molar-refractivity contribution in [3.05, 3.63) is 36.5 Å². The quantitative estimate of drug-likeness (QED) is 0.0262. The molecule has 0 bridgehead atoms. The molecule has 0 saturated heterocycles. The lowest BCUT2D eigenvalue weighted by Gasteiger charge is -2.18. The minimum absolute atomic E-state index is 0.0770. The van der Waals surface area contributed by atoms with Crippen LogP contribution in [-0.2, 0) is 28.6 Å². The first-order valence-corrected chi connectivity index (χ1v) is 28.5. The minimum Gasteiger partial charge on any atom is -0.462 e. The molecule has 0 aromatic heterocycles. The maximum Gasteiger partial charge on any atom is 0.306 e. The molecule has 6 nitrogen and oxygen atoms in total. The molecule has 0 aliphatic rings. The molecule has 0 N–H and O–H groups in total. The van der Waals surface area contributed by atoms with E-state index in [1.807, 2.05) is 0 Å². The molecule has 0 rings (SSSR count). The van der Waals surface area contributed by atoms with Crippen LogP contribution in [0.2, 0.25) is 0 Å². The zero-order valence-electron chi connectivity index (χ0n) is 43.5. The smallest absolute Gasteiger partial charge is 0.306 e. The lowest BCUT2D eigenvalue weighted by atomic mass is 10.0. The molecule has 0 aliphatic heterocycles. The number of rotatable bonds is 52. The summed E-state index contributed by atoms with van der Waals surface area (Å²) in [7, 11) is 0. The van der Waals surface area contributed by atoms with Crippen molar-refractivity contribution in [1.29, 1.82) is 0 Å². The Morgan fingerprint density at radius 3 is 0.892 bits per heavy atom. The van der Waals surface area contributed by atoms with Crippen molar-refractivity contribution in [2.75, 3.05) is 13.2 Å². The zero-order valence-corrected chi connectivity index (χ0v) is 43.5. The molecule has 380 valence electrons. The van der Waals surface area contributed by atoms with E-state index in [2.05, 4.69) is 57.2 Å². The van der Waals surface area contributed by atoms with Crippen LogP contribution >= 0.6 is 0 Å². The molecule has 0 radical (unpaired) electrons. The van der Waals surface area contributed by atoms with Crippen LogP contribution in [0.3, 0.4) is 0 Å². The van der Waals surface area contributed by atoms with E-state index in [0.29, 0.717) is 19.3 Å². The Balaban J connectivity index is 4.35. The number of allylic oxidation sites excluding steroid dienone is 6. The number of carbonyl (C=O) groups excluding carboxylic acids is 3. The lowest BCUT2D eigenvalue weighted by molar-refractivity contribution is -0.167. The largest absolute Gasteiger partial charge is 0.462 e. The number of esters is 3. The van der Waals surface area contributed by atoms with E-state index in [0.717, 1.165) is 89.9 Å². The topological polar surface area (TPSA) is 78.9 Å². The summed E-state index contributed by atoms with van der Waals surface area (Å²) >= 11 is 0. The second-order valence-corrected chi connectivity index (χ2v) is 19.2. The Hall–Kier alpha value is -2.37. The van der Waals surface area contributed by atoms with Gasteiger partial charge in [-0.1, -0.05) is 243 Å². The number of unbranched alkanes of at least 4 members (excludes halogenated alkanes) is 35. The van der Waals surface area contributed by atoms with Gasteiger partial charge in [-0.25, -0.2) is 0 Å². The van der Waals surface area contributed by atoms with E-state index in [1.165, 1.54) is 173 Å². The number of hydrogen-bond donors (Lipinski definition) is 0. The summed E-state index contributed by atoms with van der Waals surface area (Å²) in [4.78, 5) is 38.1. The molecular weight excluding hydrogens is 805 g/mol. The van der Waals surface area contributed by atoms with E-state index in [-0.39, 0.29) is 31.1 Å². The Labute approximate surface area is 404 Å². The van der Waals surface area contributed by atoms with Crippen LogP contribution in [0.1, 0.15) is 303 Å². The standard InChI is InChI=1S/C59H108O6/c1-4-7-10-13-16-19-22-25-28-29-30-32-34-37-40-43-46-49-52-58(61)64-55-56(54-63-57(60)51-48-45-42-39-36-33-27-24-21-18-15-12-9-6-3)65-59(62)53-50-47-44-41-38-35-31-26-23-20-17-14-11-8-5-2/h17,20,24,26-27,31,56H,4-16,18-19,21-23,25,28-30,32-55H2,1-3H3/b20-17-,27-24-,31-26-/t56-/m1/s1. The summed E-state index contributed by atoms with van der Waals surface area (Å²) in [6.45, 7) is 6.62. The Morgan fingerprint density at radius 1 is 0.308 bits per heavy atom. The summed E-state index contributed by atoms with van der Waals surface area (Å²) in [5, 5.41) is 0. The highest BCUT2D eigenvalue weighted by atomic mass is 16.6. The van der Waals surface area contributed by atoms with Crippen molar-refractivity contribution in [2.24, 2.45) is 0 Å². The Kier molecular flexibility index (Phi) is 52.3. The fourth-order valence-corrected chi connectivity index (χ4v) is 8.29. The zero-order chi connectivity index (χ0) is 47.2. The molecule has 0 saturated carbocycles. The number of hydrogen-bond acceptors (Lipinski definition) is 6. The maximum absolute atomic E-state index is 12.8. The van der Waals surface area contributed by atoms with Crippen LogP contribution in [0.25, 0.3) is 0 Å². The molecule has 0 aromatic rings. The fraction of sp³-hybridized carbons (Fsp3) is 0.847. The molecule has 0 fully saturated rings. The highest BCUT2D eigenvalue weighted by Gasteiger charge is 2.19. The van der Waals surface area contributed by atoms with Gasteiger partial charge in [-0.3, -0.25) is 14.4 Å². The van der Waals surface area contributed by atoms with Crippen LogP contribution in [0.5, 0.6) is 0 Å². The van der Waals surface area contributed by atoms with E-state index >= 15 is 0 Å². The van der Waals surface area contributed by atoms with Crippen LogP contribution in [0.15, 0.2) is 36.5 Å². The van der Waals surface area contributed by atoms with Crippen molar-refractivity contribution in [3.8, 4) is 0 Å². The van der Waals surface area contributed by atoms with Crippen molar-refractivity contribution in [2.45, 2.75) is 309 Å². The van der Waals surface area contributed by atoms with Crippen LogP contribution in [0.4, 0.5) is 0 Å². The second kappa shape index (κ2) is 54.2. The molecule has 0 amide bonds. The highest BCUT2D eigenvalue weighted by molar-refractivity contribution is 5.71. The maximum atomic E-state index is 12.8. The third kappa shape index (κ3) is 52.5. The first-order valence-electron chi connectivity index (χ1n) is 28.5. The first kappa shape index (κ1) is 62.6. The molecular formula is C59H108O6. The minimum atomic E-state index is -0.780. The van der Waals surface area contributed by atoms with Crippen LogP contribution in [-0.4, -0.2) is 37.2 Å². The molecule has 0 heterocycles. The summed E-state index contributed by atoms with van der Waals surface area (Å²) in [6.07, 6.45) is 64.1. The molecule has 6 heteroatoms. The van der Waals surface area contributed by atoms with Gasteiger partial charge in [0.05, 0.1) is 0 Å². The monoisotopic (exact) mass is 913 g/mol.